The fourth-order valence-electron chi connectivity index (χ4n) is 2.28. The van der Waals surface area contributed by atoms with Crippen LogP contribution in [0.4, 0.5) is 14.6 Å². The molecule has 1 aliphatic heterocycles. The van der Waals surface area contributed by atoms with Crippen LogP contribution in [0.2, 0.25) is 0 Å². The van der Waals surface area contributed by atoms with E-state index in [-0.39, 0.29) is 23.0 Å². The van der Waals surface area contributed by atoms with Crippen molar-refractivity contribution in [3.63, 3.8) is 0 Å². The van der Waals surface area contributed by atoms with Crippen molar-refractivity contribution in [2.45, 2.75) is 24.4 Å². The highest BCUT2D eigenvalue weighted by Gasteiger charge is 2.57. The molecule has 120 valence electrons. The average Bonchev–Trinajstić information content (AvgIpc) is 3.03. The number of halogens is 2. The van der Waals surface area contributed by atoms with Gasteiger partial charge in [0.25, 0.3) is 5.85 Å². The maximum Gasteiger partial charge on any atom is 0.320 e. The standard InChI is InChI=1S/C11H13F2N5O4/c1-21-10-16-7(14)4-8(17-10)18(3-15-4)9-5(20)6(12)11(13,2-19)22-9/h3,5-6,9,19-20H,2H2,1H3,(H2,14,16,17)/t5-,6+,9-,11-/m1/s1. The molecule has 11 heteroatoms. The lowest BCUT2D eigenvalue weighted by atomic mass is 10.1. The molecule has 0 aliphatic carbocycles. The quantitative estimate of drug-likeness (QED) is 0.678. The Bertz CT molecular complexity index is 713. The Labute approximate surface area is 122 Å². The summed E-state index contributed by atoms with van der Waals surface area (Å²) in [6.07, 6.45) is -4.62. The van der Waals surface area contributed by atoms with Crippen molar-refractivity contribution in [3.05, 3.63) is 6.33 Å². The summed E-state index contributed by atoms with van der Waals surface area (Å²) in [5.41, 5.74) is 5.92. The van der Waals surface area contributed by atoms with Crippen LogP contribution in [0.3, 0.4) is 0 Å². The molecule has 0 unspecified atom stereocenters. The fourth-order valence-corrected chi connectivity index (χ4v) is 2.28. The minimum atomic E-state index is -3.01. The molecule has 0 saturated carbocycles. The highest BCUT2D eigenvalue weighted by atomic mass is 19.2. The molecular formula is C11H13F2N5O4. The molecule has 2 aromatic heterocycles. The summed E-state index contributed by atoms with van der Waals surface area (Å²) in [6, 6.07) is -0.0790. The van der Waals surface area contributed by atoms with Crippen molar-refractivity contribution in [2.24, 2.45) is 0 Å². The summed E-state index contributed by atoms with van der Waals surface area (Å²) >= 11 is 0. The Morgan fingerprint density at radius 2 is 2.27 bits per heavy atom. The molecule has 3 rings (SSSR count). The zero-order valence-corrected chi connectivity index (χ0v) is 11.3. The number of aliphatic hydroxyl groups excluding tert-OH is 2. The number of methoxy groups -OCH3 is 1. The second-order valence-electron chi connectivity index (χ2n) is 4.76. The monoisotopic (exact) mass is 317 g/mol. The molecule has 1 aliphatic rings. The first-order valence-corrected chi connectivity index (χ1v) is 6.25. The Hall–Kier alpha value is -2.11. The minimum absolute atomic E-state index is 0.00134. The maximum atomic E-state index is 14.0. The van der Waals surface area contributed by atoms with Crippen LogP contribution in [-0.2, 0) is 4.74 Å². The van der Waals surface area contributed by atoms with E-state index in [4.69, 9.17) is 20.3 Å². The van der Waals surface area contributed by atoms with Gasteiger partial charge in [0.2, 0.25) is 0 Å². The normalized spacial score (nSPS) is 31.8. The van der Waals surface area contributed by atoms with Gasteiger partial charge in [0.1, 0.15) is 12.7 Å². The first-order valence-electron chi connectivity index (χ1n) is 6.25. The second kappa shape index (κ2) is 4.97. The van der Waals surface area contributed by atoms with E-state index in [9.17, 15) is 13.9 Å². The van der Waals surface area contributed by atoms with Gasteiger partial charge in [-0.15, -0.1) is 0 Å². The van der Waals surface area contributed by atoms with Crippen molar-refractivity contribution >= 4 is 17.0 Å². The first kappa shape index (κ1) is 14.8. The smallest absolute Gasteiger partial charge is 0.320 e. The van der Waals surface area contributed by atoms with Crippen LogP contribution in [0.25, 0.3) is 11.2 Å². The number of nitrogens with zero attached hydrogens (tertiary/aromatic N) is 4. The van der Waals surface area contributed by atoms with E-state index in [0.29, 0.717) is 0 Å². The molecule has 4 N–H and O–H groups in total. The number of fused-ring (bicyclic) bond motifs is 1. The van der Waals surface area contributed by atoms with E-state index in [1.54, 1.807) is 0 Å². The van der Waals surface area contributed by atoms with Gasteiger partial charge in [-0.1, -0.05) is 0 Å². The fraction of sp³-hybridized carbons (Fsp3) is 0.545. The van der Waals surface area contributed by atoms with Gasteiger partial charge >= 0.3 is 6.01 Å². The van der Waals surface area contributed by atoms with E-state index in [0.717, 1.165) is 10.9 Å². The number of nitrogens with two attached hydrogens (primary N) is 1. The number of anilines is 1. The van der Waals surface area contributed by atoms with Gasteiger partial charge in [-0.05, 0) is 0 Å². The van der Waals surface area contributed by atoms with Gasteiger partial charge in [0.15, 0.2) is 29.4 Å². The van der Waals surface area contributed by atoms with Crippen LogP contribution >= 0.6 is 0 Å². The summed E-state index contributed by atoms with van der Waals surface area (Å²) in [5, 5.41) is 18.8. The molecule has 0 spiro atoms. The van der Waals surface area contributed by atoms with Crippen LogP contribution in [-0.4, -0.2) is 61.6 Å². The number of rotatable bonds is 3. The number of nitrogen functional groups attached to an aromatic ring is 1. The number of aromatic nitrogens is 4. The van der Waals surface area contributed by atoms with Crippen molar-refractivity contribution in [2.75, 3.05) is 19.5 Å². The molecule has 2 aromatic rings. The van der Waals surface area contributed by atoms with E-state index >= 15 is 0 Å². The largest absolute Gasteiger partial charge is 0.467 e. The molecule has 0 amide bonds. The molecule has 0 aromatic carbocycles. The molecule has 3 heterocycles. The third-order valence-corrected chi connectivity index (χ3v) is 3.42. The third-order valence-electron chi connectivity index (χ3n) is 3.42. The summed E-state index contributed by atoms with van der Waals surface area (Å²) < 4.78 is 38.6. The Kier molecular flexibility index (Phi) is 3.34. The van der Waals surface area contributed by atoms with Crippen LogP contribution in [0.1, 0.15) is 6.23 Å². The highest BCUT2D eigenvalue weighted by Crippen LogP contribution is 2.41. The molecule has 4 atom stereocenters. The minimum Gasteiger partial charge on any atom is -0.467 e. The van der Waals surface area contributed by atoms with E-state index in [2.05, 4.69) is 15.0 Å². The average molecular weight is 317 g/mol. The molecule has 22 heavy (non-hydrogen) atoms. The van der Waals surface area contributed by atoms with Crippen LogP contribution in [0.5, 0.6) is 6.01 Å². The Balaban J connectivity index is 2.09. The molecule has 9 nitrogen and oxygen atoms in total. The summed E-state index contributed by atoms with van der Waals surface area (Å²) in [7, 11) is 1.32. The predicted octanol–water partition coefficient (Wildman–Crippen LogP) is -0.697. The van der Waals surface area contributed by atoms with E-state index in [1.807, 2.05) is 0 Å². The SMILES string of the molecule is COc1nc(N)c2ncn([C@@H]3O[C@](F)(CO)[C@@H](F)[C@H]3O)c2n1. The molecule has 1 fully saturated rings. The number of alkyl halides is 2. The summed E-state index contributed by atoms with van der Waals surface area (Å²) in [4.78, 5) is 11.7. The summed E-state index contributed by atoms with van der Waals surface area (Å²) in [5.74, 6) is -3.01. The highest BCUT2D eigenvalue weighted by molar-refractivity contribution is 5.82. The Morgan fingerprint density at radius 1 is 1.55 bits per heavy atom. The predicted molar refractivity (Wildman–Crippen MR) is 68.2 cm³/mol. The van der Waals surface area contributed by atoms with Gasteiger partial charge in [-0.2, -0.15) is 9.97 Å². The maximum absolute atomic E-state index is 14.0. The number of hydrogen-bond donors (Lipinski definition) is 3. The molecule has 1 saturated heterocycles. The lowest BCUT2D eigenvalue weighted by molar-refractivity contribution is -0.195. The van der Waals surface area contributed by atoms with Gasteiger partial charge in [-0.3, -0.25) is 4.57 Å². The van der Waals surface area contributed by atoms with Crippen molar-refractivity contribution in [1.82, 2.24) is 19.5 Å². The zero-order valence-electron chi connectivity index (χ0n) is 11.3. The molecule has 0 radical (unpaired) electrons. The first-order chi connectivity index (χ1) is 10.4. The zero-order chi connectivity index (χ0) is 16.1. The third kappa shape index (κ3) is 1.97. The van der Waals surface area contributed by atoms with Gasteiger partial charge < -0.3 is 25.4 Å². The van der Waals surface area contributed by atoms with Gasteiger partial charge in [0, 0.05) is 0 Å². The summed E-state index contributed by atoms with van der Waals surface area (Å²) in [6.45, 7) is -1.24. The van der Waals surface area contributed by atoms with Crippen molar-refractivity contribution in [1.29, 1.82) is 0 Å². The number of imidazole rings is 1. The number of aliphatic hydroxyl groups is 2. The van der Waals surface area contributed by atoms with Crippen LogP contribution in [0, 0.1) is 0 Å². The van der Waals surface area contributed by atoms with Gasteiger partial charge in [-0.25, -0.2) is 13.8 Å². The molecule has 0 bridgehead atoms. The van der Waals surface area contributed by atoms with Crippen molar-refractivity contribution < 1.29 is 28.5 Å². The van der Waals surface area contributed by atoms with Crippen LogP contribution in [0.15, 0.2) is 6.33 Å². The second-order valence-corrected chi connectivity index (χ2v) is 4.76. The van der Waals surface area contributed by atoms with E-state index < -0.39 is 31.0 Å². The lowest BCUT2D eigenvalue weighted by Gasteiger charge is -2.18. The Morgan fingerprint density at radius 3 is 2.86 bits per heavy atom. The van der Waals surface area contributed by atoms with Crippen molar-refractivity contribution in [3.8, 4) is 6.01 Å². The number of hydrogen-bond acceptors (Lipinski definition) is 8. The van der Waals surface area contributed by atoms with Gasteiger partial charge in [0.05, 0.1) is 13.4 Å². The topological polar surface area (TPSA) is 129 Å². The van der Waals surface area contributed by atoms with Crippen LogP contribution < -0.4 is 10.5 Å². The molecular weight excluding hydrogens is 304 g/mol. The lowest BCUT2D eigenvalue weighted by Crippen LogP contribution is -2.39. The van der Waals surface area contributed by atoms with E-state index in [1.165, 1.54) is 7.11 Å². The number of ether oxygens (including phenoxy) is 2.